The number of rotatable bonds is 6. The van der Waals surface area contributed by atoms with Crippen molar-refractivity contribution in [2.24, 2.45) is 5.92 Å². The molecule has 1 aromatic heterocycles. The Labute approximate surface area is 164 Å². The Kier molecular flexibility index (Phi) is 5.46. The number of aromatic carboxylic acids is 1. The summed E-state index contributed by atoms with van der Waals surface area (Å²) in [7, 11) is 0. The third-order valence-electron chi connectivity index (χ3n) is 6.08. The number of nitrogens with one attached hydrogen (secondary N) is 1. The number of amides is 1. The molecule has 1 fully saturated rings. The van der Waals surface area contributed by atoms with Gasteiger partial charge in [0.1, 0.15) is 0 Å². The summed E-state index contributed by atoms with van der Waals surface area (Å²) < 4.78 is 0. The molecule has 1 aliphatic carbocycles. The number of carbonyl (C=O) groups is 2. The average Bonchev–Trinajstić information content (AvgIpc) is 3.34. The second kappa shape index (κ2) is 8.17. The van der Waals surface area contributed by atoms with Gasteiger partial charge >= 0.3 is 5.97 Å². The zero-order chi connectivity index (χ0) is 19.5. The molecule has 1 saturated heterocycles. The van der Waals surface area contributed by atoms with Gasteiger partial charge in [0.15, 0.2) is 0 Å². The minimum atomic E-state index is -0.901. The number of aromatic nitrogens is 2. The number of hydrogen-bond acceptors (Lipinski definition) is 3. The molecular weight excluding hydrogens is 354 g/mol. The van der Waals surface area contributed by atoms with E-state index in [0.29, 0.717) is 17.9 Å². The van der Waals surface area contributed by atoms with Gasteiger partial charge in [0, 0.05) is 31.6 Å². The van der Waals surface area contributed by atoms with Crippen molar-refractivity contribution < 1.29 is 14.7 Å². The van der Waals surface area contributed by atoms with Crippen LogP contribution < -0.4 is 0 Å². The van der Waals surface area contributed by atoms with Crippen LogP contribution in [0.2, 0.25) is 0 Å². The molecule has 1 aromatic carbocycles. The van der Waals surface area contributed by atoms with Gasteiger partial charge in [-0.3, -0.25) is 9.89 Å². The Morgan fingerprint density at radius 2 is 1.96 bits per heavy atom. The fraction of sp³-hybridized carbons (Fsp3) is 0.500. The number of benzene rings is 1. The molecule has 6 nitrogen and oxygen atoms in total. The maximum Gasteiger partial charge on any atom is 0.335 e. The van der Waals surface area contributed by atoms with Gasteiger partial charge in [0.2, 0.25) is 5.91 Å². The largest absolute Gasteiger partial charge is 0.478 e. The lowest BCUT2D eigenvalue weighted by molar-refractivity contribution is -0.130. The van der Waals surface area contributed by atoms with Gasteiger partial charge in [-0.1, -0.05) is 12.1 Å². The molecule has 2 N–H and O–H groups in total. The molecule has 2 aromatic rings. The molecule has 148 valence electrons. The van der Waals surface area contributed by atoms with Gasteiger partial charge in [0.25, 0.3) is 0 Å². The minimum Gasteiger partial charge on any atom is -0.478 e. The van der Waals surface area contributed by atoms with E-state index in [-0.39, 0.29) is 5.91 Å². The van der Waals surface area contributed by atoms with E-state index in [9.17, 15) is 9.59 Å². The normalized spacial score (nSPS) is 18.9. The van der Waals surface area contributed by atoms with Crippen molar-refractivity contribution in [3.05, 3.63) is 52.3 Å². The molecule has 1 amide bonds. The van der Waals surface area contributed by atoms with Crippen LogP contribution in [0.3, 0.4) is 0 Å². The Bertz CT molecular complexity index is 856. The SMILES string of the molecule is O=C(O)c1ccc(CC2CCN(C(=O)CCc3n[nH]c4c3CCCC4)C2)cc1. The van der Waals surface area contributed by atoms with Gasteiger partial charge in [-0.2, -0.15) is 5.10 Å². The lowest BCUT2D eigenvalue weighted by Crippen LogP contribution is -2.29. The van der Waals surface area contributed by atoms with Crippen molar-refractivity contribution in [1.29, 1.82) is 0 Å². The predicted octanol–water partition coefficient (Wildman–Crippen LogP) is 3.01. The number of H-pyrrole nitrogens is 1. The highest BCUT2D eigenvalue weighted by molar-refractivity contribution is 5.87. The zero-order valence-electron chi connectivity index (χ0n) is 16.1. The predicted molar refractivity (Wildman–Crippen MR) is 105 cm³/mol. The van der Waals surface area contributed by atoms with E-state index in [4.69, 9.17) is 5.11 Å². The second-order valence-corrected chi connectivity index (χ2v) is 8.04. The molecule has 1 atom stereocenters. The van der Waals surface area contributed by atoms with E-state index >= 15 is 0 Å². The topological polar surface area (TPSA) is 86.3 Å². The van der Waals surface area contributed by atoms with Crippen LogP contribution in [0.1, 0.15) is 58.6 Å². The molecule has 1 aliphatic heterocycles. The van der Waals surface area contributed by atoms with Crippen molar-refractivity contribution in [3.8, 4) is 0 Å². The Balaban J connectivity index is 1.27. The summed E-state index contributed by atoms with van der Waals surface area (Å²) >= 11 is 0. The summed E-state index contributed by atoms with van der Waals surface area (Å²) in [6, 6.07) is 7.07. The van der Waals surface area contributed by atoms with Crippen LogP contribution in [0.4, 0.5) is 0 Å². The summed E-state index contributed by atoms with van der Waals surface area (Å²) in [6.45, 7) is 1.60. The summed E-state index contributed by atoms with van der Waals surface area (Å²) in [6.07, 6.45) is 7.75. The molecule has 6 heteroatoms. The second-order valence-electron chi connectivity index (χ2n) is 8.04. The first-order valence-electron chi connectivity index (χ1n) is 10.2. The molecule has 1 unspecified atom stereocenters. The van der Waals surface area contributed by atoms with E-state index in [2.05, 4.69) is 10.2 Å². The fourth-order valence-electron chi connectivity index (χ4n) is 4.48. The summed E-state index contributed by atoms with van der Waals surface area (Å²) in [5.74, 6) is -0.239. The molecule has 2 heterocycles. The van der Waals surface area contributed by atoms with Crippen molar-refractivity contribution in [2.45, 2.75) is 51.4 Å². The van der Waals surface area contributed by atoms with Gasteiger partial charge in [0.05, 0.1) is 11.3 Å². The third-order valence-corrected chi connectivity index (χ3v) is 6.08. The summed E-state index contributed by atoms with van der Waals surface area (Å²) in [5.41, 5.74) is 5.14. The van der Waals surface area contributed by atoms with Crippen LogP contribution in [0.25, 0.3) is 0 Å². The molecule has 28 heavy (non-hydrogen) atoms. The number of hydrogen-bond donors (Lipinski definition) is 2. The number of likely N-dealkylation sites (tertiary alicyclic amines) is 1. The van der Waals surface area contributed by atoms with Gasteiger partial charge in [-0.05, 0) is 67.7 Å². The van der Waals surface area contributed by atoms with Crippen LogP contribution >= 0.6 is 0 Å². The lowest BCUT2D eigenvalue weighted by Gasteiger charge is -2.17. The van der Waals surface area contributed by atoms with Crippen LogP contribution in [-0.2, 0) is 30.5 Å². The third kappa shape index (κ3) is 4.11. The van der Waals surface area contributed by atoms with E-state index in [1.165, 1.54) is 24.1 Å². The molecule has 0 spiro atoms. The molecular formula is C22H27N3O3. The molecule has 0 bridgehead atoms. The molecule has 0 saturated carbocycles. The number of nitrogens with zero attached hydrogens (tertiary/aromatic N) is 2. The number of carboxylic acids is 1. The number of fused-ring (bicyclic) bond motifs is 1. The fourth-order valence-corrected chi connectivity index (χ4v) is 4.48. The minimum absolute atomic E-state index is 0.219. The van der Waals surface area contributed by atoms with Crippen LogP contribution in [-0.4, -0.2) is 45.2 Å². The lowest BCUT2D eigenvalue weighted by atomic mass is 9.94. The maximum absolute atomic E-state index is 12.6. The first kappa shape index (κ1) is 18.7. The average molecular weight is 381 g/mol. The number of aryl methyl sites for hydroxylation is 2. The van der Waals surface area contributed by atoms with Gasteiger partial charge < -0.3 is 10.0 Å². The van der Waals surface area contributed by atoms with E-state index in [0.717, 1.165) is 56.5 Å². The van der Waals surface area contributed by atoms with Crippen LogP contribution in [0.5, 0.6) is 0 Å². The monoisotopic (exact) mass is 381 g/mol. The molecule has 0 radical (unpaired) electrons. The Morgan fingerprint density at radius 1 is 1.18 bits per heavy atom. The number of aromatic amines is 1. The van der Waals surface area contributed by atoms with Crippen LogP contribution in [0.15, 0.2) is 24.3 Å². The quantitative estimate of drug-likeness (QED) is 0.805. The van der Waals surface area contributed by atoms with E-state index in [1.54, 1.807) is 12.1 Å². The number of carbonyl (C=O) groups excluding carboxylic acids is 1. The van der Waals surface area contributed by atoms with Crippen molar-refractivity contribution >= 4 is 11.9 Å². The molecule has 2 aliphatic rings. The summed E-state index contributed by atoms with van der Waals surface area (Å²) in [5, 5.41) is 16.6. The first-order chi connectivity index (χ1) is 13.6. The van der Waals surface area contributed by atoms with Crippen molar-refractivity contribution in [3.63, 3.8) is 0 Å². The highest BCUT2D eigenvalue weighted by Gasteiger charge is 2.26. The van der Waals surface area contributed by atoms with E-state index < -0.39 is 5.97 Å². The van der Waals surface area contributed by atoms with Gasteiger partial charge in [-0.25, -0.2) is 4.79 Å². The smallest absolute Gasteiger partial charge is 0.335 e. The Morgan fingerprint density at radius 3 is 2.75 bits per heavy atom. The Hall–Kier alpha value is -2.63. The van der Waals surface area contributed by atoms with Crippen molar-refractivity contribution in [1.82, 2.24) is 15.1 Å². The highest BCUT2D eigenvalue weighted by Crippen LogP contribution is 2.25. The van der Waals surface area contributed by atoms with Crippen LogP contribution in [0, 0.1) is 5.92 Å². The molecule has 4 rings (SSSR count). The van der Waals surface area contributed by atoms with Gasteiger partial charge in [-0.15, -0.1) is 0 Å². The summed E-state index contributed by atoms with van der Waals surface area (Å²) in [4.78, 5) is 25.6. The number of carboxylic acid groups (broad SMARTS) is 1. The standard InChI is InChI=1S/C22H27N3O3/c26-21(10-9-20-18-3-1-2-4-19(18)23-24-20)25-12-11-16(14-25)13-15-5-7-17(8-6-15)22(27)28/h5-8,16H,1-4,9-14H2,(H,23,24)(H,27,28). The van der Waals surface area contributed by atoms with E-state index in [1.807, 2.05) is 17.0 Å². The zero-order valence-corrected chi connectivity index (χ0v) is 16.1. The first-order valence-corrected chi connectivity index (χ1v) is 10.2. The maximum atomic E-state index is 12.6. The van der Waals surface area contributed by atoms with Crippen molar-refractivity contribution in [2.75, 3.05) is 13.1 Å². The highest BCUT2D eigenvalue weighted by atomic mass is 16.4.